The zero-order chi connectivity index (χ0) is 17.1. The lowest BCUT2D eigenvalue weighted by Crippen LogP contribution is -2.41. The summed E-state index contributed by atoms with van der Waals surface area (Å²) in [5.74, 6) is 0.803. The summed E-state index contributed by atoms with van der Waals surface area (Å²) in [6, 6.07) is 10.9. The summed E-state index contributed by atoms with van der Waals surface area (Å²) in [5, 5.41) is 12.7. The first-order valence-electron chi connectivity index (χ1n) is 8.13. The second kappa shape index (κ2) is 7.01. The summed E-state index contributed by atoms with van der Waals surface area (Å²) in [5.41, 5.74) is 2.31. The molecule has 0 aliphatic heterocycles. The van der Waals surface area contributed by atoms with Gasteiger partial charge in [-0.25, -0.2) is 0 Å². The number of methoxy groups -OCH3 is 1. The maximum Gasteiger partial charge on any atom is 0.252 e. The molecular weight excluding hydrogens is 304 g/mol. The number of benzene rings is 1. The molecule has 24 heavy (non-hydrogen) atoms. The van der Waals surface area contributed by atoms with Crippen molar-refractivity contribution in [3.8, 4) is 5.75 Å². The largest absolute Gasteiger partial charge is 0.497 e. The monoisotopic (exact) mass is 326 g/mol. The molecule has 0 unspecified atom stereocenters. The van der Waals surface area contributed by atoms with Crippen LogP contribution in [0, 0.1) is 12.8 Å². The van der Waals surface area contributed by atoms with Crippen LogP contribution in [0.25, 0.3) is 0 Å². The molecule has 5 heteroatoms. The van der Waals surface area contributed by atoms with Gasteiger partial charge in [-0.2, -0.15) is 0 Å². The molecule has 1 amide bonds. The number of hydrogen-bond acceptors (Lipinski definition) is 4. The fraction of sp³-hybridized carbons (Fsp3) is 0.368. The van der Waals surface area contributed by atoms with Gasteiger partial charge in [-0.1, -0.05) is 6.07 Å². The molecular formula is C19H22N2O3. The Morgan fingerprint density at radius 2 is 2.12 bits per heavy atom. The second-order valence-corrected chi connectivity index (χ2v) is 6.27. The van der Waals surface area contributed by atoms with Gasteiger partial charge in [0.05, 0.1) is 24.9 Å². The number of carbonyl (C=O) groups excluding carboxylic acids is 1. The van der Waals surface area contributed by atoms with Crippen LogP contribution in [-0.4, -0.2) is 29.2 Å². The number of aryl methyl sites for hydroxylation is 1. The Kier molecular flexibility index (Phi) is 4.81. The van der Waals surface area contributed by atoms with Crippen LogP contribution in [0.15, 0.2) is 42.6 Å². The van der Waals surface area contributed by atoms with Crippen LogP contribution in [0.5, 0.6) is 5.75 Å². The molecule has 1 atom stereocenters. The number of aliphatic hydroxyl groups excluding tert-OH is 1. The number of pyridine rings is 1. The van der Waals surface area contributed by atoms with E-state index in [1.807, 2.05) is 31.2 Å². The van der Waals surface area contributed by atoms with Crippen LogP contribution < -0.4 is 10.1 Å². The third-order valence-electron chi connectivity index (χ3n) is 4.59. The van der Waals surface area contributed by atoms with Gasteiger partial charge < -0.3 is 15.2 Å². The SMILES string of the molecule is COc1ccc(C(=O)N[C@@H](c2ccccn2)C2CC(O)C2)c(C)c1. The summed E-state index contributed by atoms with van der Waals surface area (Å²) in [4.78, 5) is 17.1. The van der Waals surface area contributed by atoms with E-state index < -0.39 is 0 Å². The van der Waals surface area contributed by atoms with Crippen molar-refractivity contribution in [3.63, 3.8) is 0 Å². The van der Waals surface area contributed by atoms with Crippen LogP contribution in [0.2, 0.25) is 0 Å². The molecule has 3 rings (SSSR count). The summed E-state index contributed by atoms with van der Waals surface area (Å²) in [6.45, 7) is 1.89. The lowest BCUT2D eigenvalue weighted by molar-refractivity contribution is 0.0228. The average Bonchev–Trinajstić information content (AvgIpc) is 2.57. The number of aliphatic hydroxyl groups is 1. The molecule has 1 aliphatic rings. The molecule has 1 heterocycles. The fourth-order valence-electron chi connectivity index (χ4n) is 3.13. The van der Waals surface area contributed by atoms with E-state index in [1.165, 1.54) is 0 Å². The van der Waals surface area contributed by atoms with E-state index in [-0.39, 0.29) is 24.0 Å². The number of hydrogen-bond donors (Lipinski definition) is 2. The van der Waals surface area contributed by atoms with Gasteiger partial charge in [-0.05, 0) is 61.6 Å². The number of ether oxygens (including phenoxy) is 1. The molecule has 2 N–H and O–H groups in total. The lowest BCUT2D eigenvalue weighted by atomic mass is 9.76. The fourth-order valence-corrected chi connectivity index (χ4v) is 3.13. The van der Waals surface area contributed by atoms with E-state index in [4.69, 9.17) is 4.74 Å². The summed E-state index contributed by atoms with van der Waals surface area (Å²) in [7, 11) is 1.60. The van der Waals surface area contributed by atoms with E-state index in [2.05, 4.69) is 10.3 Å². The Balaban J connectivity index is 1.81. The molecule has 0 spiro atoms. The van der Waals surface area contributed by atoms with Crippen molar-refractivity contribution in [2.24, 2.45) is 5.92 Å². The summed E-state index contributed by atoms with van der Waals surface area (Å²) >= 11 is 0. The smallest absolute Gasteiger partial charge is 0.252 e. The van der Waals surface area contributed by atoms with Gasteiger partial charge in [0, 0.05) is 11.8 Å². The van der Waals surface area contributed by atoms with E-state index in [0.717, 1.165) is 17.0 Å². The van der Waals surface area contributed by atoms with Gasteiger partial charge >= 0.3 is 0 Å². The van der Waals surface area contributed by atoms with E-state index in [1.54, 1.807) is 25.4 Å². The standard InChI is InChI=1S/C19H22N2O3/c1-12-9-15(24-2)6-7-16(12)19(23)21-18(13-10-14(22)11-13)17-5-3-4-8-20-17/h3-9,13-14,18,22H,10-11H2,1-2H3,(H,21,23)/t13?,14?,18-/m1/s1. The van der Waals surface area contributed by atoms with Crippen LogP contribution in [0.4, 0.5) is 0 Å². The number of amides is 1. The highest BCUT2D eigenvalue weighted by atomic mass is 16.5. The molecule has 0 saturated heterocycles. The van der Waals surface area contributed by atoms with Crippen molar-refractivity contribution < 1.29 is 14.6 Å². The number of nitrogens with one attached hydrogen (secondary N) is 1. The van der Waals surface area contributed by atoms with Gasteiger partial charge in [0.25, 0.3) is 5.91 Å². The predicted octanol–water partition coefficient (Wildman–Crippen LogP) is 2.64. The van der Waals surface area contributed by atoms with Crippen molar-refractivity contribution in [1.29, 1.82) is 0 Å². The third-order valence-corrected chi connectivity index (χ3v) is 4.59. The minimum atomic E-state index is -0.277. The number of carbonyl (C=O) groups is 1. The van der Waals surface area contributed by atoms with Crippen molar-refractivity contribution in [2.45, 2.75) is 31.9 Å². The minimum Gasteiger partial charge on any atom is -0.497 e. The quantitative estimate of drug-likeness (QED) is 0.886. The number of rotatable bonds is 5. The molecule has 2 aromatic rings. The zero-order valence-corrected chi connectivity index (χ0v) is 13.9. The summed E-state index contributed by atoms with van der Waals surface area (Å²) in [6.07, 6.45) is 2.81. The normalized spacial score (nSPS) is 20.8. The van der Waals surface area contributed by atoms with Crippen molar-refractivity contribution in [3.05, 3.63) is 59.4 Å². The molecule has 1 aromatic heterocycles. The molecule has 0 bridgehead atoms. The van der Waals surface area contributed by atoms with Gasteiger partial charge in [-0.15, -0.1) is 0 Å². The van der Waals surface area contributed by atoms with Crippen molar-refractivity contribution in [1.82, 2.24) is 10.3 Å². The molecule has 1 fully saturated rings. The topological polar surface area (TPSA) is 71.5 Å². The Labute approximate surface area is 141 Å². The molecule has 0 radical (unpaired) electrons. The highest BCUT2D eigenvalue weighted by Gasteiger charge is 2.36. The summed E-state index contributed by atoms with van der Waals surface area (Å²) < 4.78 is 5.19. The minimum absolute atomic E-state index is 0.132. The van der Waals surface area contributed by atoms with Gasteiger partial charge in [0.1, 0.15) is 5.75 Å². The second-order valence-electron chi connectivity index (χ2n) is 6.27. The maximum absolute atomic E-state index is 12.7. The van der Waals surface area contributed by atoms with Gasteiger partial charge in [0.2, 0.25) is 0 Å². The van der Waals surface area contributed by atoms with Crippen LogP contribution in [0.1, 0.15) is 40.5 Å². The highest BCUT2D eigenvalue weighted by Crippen LogP contribution is 2.37. The molecule has 126 valence electrons. The van der Waals surface area contributed by atoms with Crippen molar-refractivity contribution >= 4 is 5.91 Å². The van der Waals surface area contributed by atoms with Crippen molar-refractivity contribution in [2.75, 3.05) is 7.11 Å². The first-order valence-corrected chi connectivity index (χ1v) is 8.13. The Bertz CT molecular complexity index is 712. The van der Waals surface area contributed by atoms with Crippen LogP contribution in [-0.2, 0) is 0 Å². The Hall–Kier alpha value is -2.40. The Morgan fingerprint density at radius 3 is 2.71 bits per heavy atom. The molecule has 5 nitrogen and oxygen atoms in total. The average molecular weight is 326 g/mol. The third kappa shape index (κ3) is 3.41. The van der Waals surface area contributed by atoms with Gasteiger partial charge in [-0.3, -0.25) is 9.78 Å². The predicted molar refractivity (Wildman–Crippen MR) is 90.9 cm³/mol. The van der Waals surface area contributed by atoms with Crippen LogP contribution in [0.3, 0.4) is 0 Å². The number of nitrogens with zero attached hydrogens (tertiary/aromatic N) is 1. The van der Waals surface area contributed by atoms with Crippen LogP contribution >= 0.6 is 0 Å². The molecule has 1 aromatic carbocycles. The molecule has 1 aliphatic carbocycles. The van der Waals surface area contributed by atoms with E-state index >= 15 is 0 Å². The highest BCUT2D eigenvalue weighted by molar-refractivity contribution is 5.96. The maximum atomic E-state index is 12.7. The van der Waals surface area contributed by atoms with E-state index in [9.17, 15) is 9.90 Å². The lowest BCUT2D eigenvalue weighted by Gasteiger charge is -2.37. The molecule has 1 saturated carbocycles. The Morgan fingerprint density at radius 1 is 1.33 bits per heavy atom. The zero-order valence-electron chi connectivity index (χ0n) is 13.9. The van der Waals surface area contributed by atoms with E-state index in [0.29, 0.717) is 18.4 Å². The van der Waals surface area contributed by atoms with Gasteiger partial charge in [0.15, 0.2) is 0 Å². The first kappa shape index (κ1) is 16.5. The first-order chi connectivity index (χ1) is 11.6. The number of aromatic nitrogens is 1.